The van der Waals surface area contributed by atoms with Gasteiger partial charge in [-0.15, -0.1) is 0 Å². The Morgan fingerprint density at radius 1 is 1.23 bits per heavy atom. The third-order valence-corrected chi connectivity index (χ3v) is 3.95. The van der Waals surface area contributed by atoms with Gasteiger partial charge < -0.3 is 10.1 Å². The van der Waals surface area contributed by atoms with Gasteiger partial charge in [0.25, 0.3) is 5.91 Å². The highest BCUT2D eigenvalue weighted by Gasteiger charge is 2.05. The minimum absolute atomic E-state index is 0.0570. The number of carbonyl (C=O) groups excluding carboxylic acids is 1. The van der Waals surface area contributed by atoms with Crippen LogP contribution >= 0.6 is 11.6 Å². The van der Waals surface area contributed by atoms with Gasteiger partial charge in [0.2, 0.25) is 0 Å². The van der Waals surface area contributed by atoms with Crippen molar-refractivity contribution < 1.29 is 9.53 Å². The first-order valence-corrected chi connectivity index (χ1v) is 8.29. The second-order valence-corrected chi connectivity index (χ2v) is 5.77. The third-order valence-electron chi connectivity index (χ3n) is 3.64. The maximum atomic E-state index is 11.9. The number of ether oxygens (including phenoxy) is 1. The van der Waals surface area contributed by atoms with Crippen molar-refractivity contribution in [2.45, 2.75) is 0 Å². The van der Waals surface area contributed by atoms with Crippen LogP contribution in [0.4, 0.5) is 5.69 Å². The highest BCUT2D eigenvalue weighted by Crippen LogP contribution is 2.22. The van der Waals surface area contributed by atoms with Crippen LogP contribution in [0.1, 0.15) is 5.56 Å². The number of benzene rings is 2. The molecule has 1 amide bonds. The van der Waals surface area contributed by atoms with Gasteiger partial charge in [-0.05, 0) is 24.3 Å². The number of hydrogen-bond donors (Lipinski definition) is 2. The Labute approximate surface area is 155 Å². The molecule has 0 saturated carbocycles. The largest absolute Gasteiger partial charge is 0.495 e. The molecule has 0 aliphatic heterocycles. The summed E-state index contributed by atoms with van der Waals surface area (Å²) in [7, 11) is 1.58. The molecule has 0 spiro atoms. The van der Waals surface area contributed by atoms with Gasteiger partial charge in [-0.2, -0.15) is 5.10 Å². The summed E-state index contributed by atoms with van der Waals surface area (Å²) in [5, 5.41) is 8.22. The molecular weight excluding hydrogens is 352 g/mol. The predicted molar refractivity (Wildman–Crippen MR) is 104 cm³/mol. The number of nitrogens with one attached hydrogen (secondary N) is 2. The summed E-state index contributed by atoms with van der Waals surface area (Å²) in [6.07, 6.45) is 1.47. The van der Waals surface area contributed by atoms with Crippen molar-refractivity contribution in [1.29, 1.82) is 0 Å². The van der Waals surface area contributed by atoms with E-state index in [9.17, 15) is 4.79 Å². The van der Waals surface area contributed by atoms with Crippen molar-refractivity contribution in [2.24, 2.45) is 5.10 Å². The number of rotatable bonds is 6. The van der Waals surface area contributed by atoms with Gasteiger partial charge in [-0.3, -0.25) is 4.79 Å². The zero-order valence-corrected chi connectivity index (χ0v) is 14.8. The van der Waals surface area contributed by atoms with E-state index < -0.39 is 0 Å². The summed E-state index contributed by atoms with van der Waals surface area (Å²) in [4.78, 5) is 16.2. The van der Waals surface area contributed by atoms with Crippen molar-refractivity contribution in [3.05, 3.63) is 65.3 Å². The predicted octanol–water partition coefficient (Wildman–Crippen LogP) is 3.46. The van der Waals surface area contributed by atoms with E-state index in [1.54, 1.807) is 7.11 Å². The number of hydrazone groups is 1. The van der Waals surface area contributed by atoms with E-state index in [4.69, 9.17) is 16.3 Å². The molecule has 1 heterocycles. The summed E-state index contributed by atoms with van der Waals surface area (Å²) in [6, 6.07) is 16.9. The molecule has 0 saturated heterocycles. The number of fused-ring (bicyclic) bond motifs is 1. The second-order valence-electron chi connectivity index (χ2n) is 5.41. The van der Waals surface area contributed by atoms with Crippen LogP contribution in [0.2, 0.25) is 5.15 Å². The van der Waals surface area contributed by atoms with Crippen molar-refractivity contribution in [1.82, 2.24) is 10.4 Å². The van der Waals surface area contributed by atoms with Crippen LogP contribution in [0.5, 0.6) is 5.75 Å². The number of anilines is 1. The van der Waals surface area contributed by atoms with Crippen LogP contribution in [0.15, 0.2) is 59.7 Å². The molecule has 3 rings (SSSR count). The lowest BCUT2D eigenvalue weighted by atomic mass is 10.2. The lowest BCUT2D eigenvalue weighted by molar-refractivity contribution is -0.119. The third kappa shape index (κ3) is 4.29. The lowest BCUT2D eigenvalue weighted by Gasteiger charge is -2.09. The highest BCUT2D eigenvalue weighted by atomic mass is 35.5. The zero-order chi connectivity index (χ0) is 18.4. The molecule has 0 aliphatic rings. The van der Waals surface area contributed by atoms with Gasteiger partial charge >= 0.3 is 0 Å². The molecule has 3 aromatic rings. The maximum absolute atomic E-state index is 11.9. The van der Waals surface area contributed by atoms with E-state index in [1.165, 1.54) is 6.21 Å². The van der Waals surface area contributed by atoms with E-state index in [0.29, 0.717) is 16.5 Å². The van der Waals surface area contributed by atoms with Crippen molar-refractivity contribution >= 4 is 40.3 Å². The number of halogens is 1. The smallest absolute Gasteiger partial charge is 0.259 e. The van der Waals surface area contributed by atoms with Crippen LogP contribution < -0.4 is 15.5 Å². The van der Waals surface area contributed by atoms with Gasteiger partial charge in [0.1, 0.15) is 10.9 Å². The molecular formula is C19H17ClN4O2. The van der Waals surface area contributed by atoms with Crippen LogP contribution in [0.3, 0.4) is 0 Å². The Morgan fingerprint density at radius 2 is 2.00 bits per heavy atom. The normalized spacial score (nSPS) is 10.8. The fourth-order valence-corrected chi connectivity index (χ4v) is 2.57. The molecule has 0 fully saturated rings. The van der Waals surface area contributed by atoms with Crippen LogP contribution in [0.25, 0.3) is 10.9 Å². The minimum atomic E-state index is -0.294. The van der Waals surface area contributed by atoms with Gasteiger partial charge in [-0.1, -0.05) is 41.9 Å². The molecule has 0 bridgehead atoms. The monoisotopic (exact) mass is 368 g/mol. The number of methoxy groups -OCH3 is 1. The number of aromatic nitrogens is 1. The average Bonchev–Trinajstić information content (AvgIpc) is 2.67. The Morgan fingerprint density at radius 3 is 2.85 bits per heavy atom. The first-order valence-electron chi connectivity index (χ1n) is 7.91. The molecule has 2 aromatic carbocycles. The number of carbonyl (C=O) groups is 1. The first kappa shape index (κ1) is 17.7. The molecule has 132 valence electrons. The van der Waals surface area contributed by atoms with Crippen LogP contribution in [0, 0.1) is 0 Å². The number of pyridine rings is 1. The fourth-order valence-electron chi connectivity index (χ4n) is 2.38. The SMILES string of the molecule is COc1ccccc1NCC(=O)N/N=C/c1cc2ccccc2nc1Cl. The highest BCUT2D eigenvalue weighted by molar-refractivity contribution is 6.32. The number of amides is 1. The molecule has 2 N–H and O–H groups in total. The van der Waals surface area contributed by atoms with E-state index in [-0.39, 0.29) is 12.5 Å². The summed E-state index contributed by atoms with van der Waals surface area (Å²) in [6.45, 7) is 0.0570. The quantitative estimate of drug-likeness (QED) is 0.397. The van der Waals surface area contributed by atoms with E-state index in [0.717, 1.165) is 16.6 Å². The second kappa shape index (κ2) is 8.31. The van der Waals surface area contributed by atoms with Crippen LogP contribution in [-0.2, 0) is 4.79 Å². The first-order chi connectivity index (χ1) is 12.7. The topological polar surface area (TPSA) is 75.6 Å². The van der Waals surface area contributed by atoms with Crippen molar-refractivity contribution in [3.63, 3.8) is 0 Å². The summed E-state index contributed by atoms with van der Waals surface area (Å²) >= 11 is 6.15. The minimum Gasteiger partial charge on any atom is -0.495 e. The average molecular weight is 369 g/mol. The Kier molecular flexibility index (Phi) is 5.66. The molecule has 0 atom stereocenters. The molecule has 26 heavy (non-hydrogen) atoms. The summed E-state index contributed by atoms with van der Waals surface area (Å²) < 4.78 is 5.22. The number of nitrogens with zero attached hydrogens (tertiary/aromatic N) is 2. The number of para-hydroxylation sites is 3. The summed E-state index contributed by atoms with van der Waals surface area (Å²) in [5.74, 6) is 0.370. The zero-order valence-electron chi connectivity index (χ0n) is 14.1. The van der Waals surface area contributed by atoms with E-state index in [2.05, 4.69) is 20.8 Å². The van der Waals surface area contributed by atoms with Crippen molar-refractivity contribution in [3.8, 4) is 5.75 Å². The van der Waals surface area contributed by atoms with Gasteiger partial charge in [0.05, 0.1) is 31.1 Å². The van der Waals surface area contributed by atoms with Crippen molar-refractivity contribution in [2.75, 3.05) is 19.0 Å². The Hall–Kier alpha value is -3.12. The van der Waals surface area contributed by atoms with Gasteiger partial charge in [0, 0.05) is 10.9 Å². The van der Waals surface area contributed by atoms with Crippen LogP contribution in [-0.4, -0.2) is 30.8 Å². The maximum Gasteiger partial charge on any atom is 0.259 e. The van der Waals surface area contributed by atoms with Gasteiger partial charge in [0.15, 0.2) is 0 Å². The fraction of sp³-hybridized carbons (Fsp3) is 0.105. The Bertz CT molecular complexity index is 959. The molecule has 0 radical (unpaired) electrons. The van der Waals surface area contributed by atoms with Gasteiger partial charge in [-0.25, -0.2) is 10.4 Å². The summed E-state index contributed by atoms with van der Waals surface area (Å²) in [5.41, 5.74) is 4.62. The van der Waals surface area contributed by atoms with E-state index >= 15 is 0 Å². The molecule has 1 aromatic heterocycles. The lowest BCUT2D eigenvalue weighted by Crippen LogP contribution is -2.26. The van der Waals surface area contributed by atoms with E-state index in [1.807, 2.05) is 54.6 Å². The number of hydrogen-bond acceptors (Lipinski definition) is 5. The molecule has 0 unspecified atom stereocenters. The molecule has 6 nitrogen and oxygen atoms in total. The standard InChI is InChI=1S/C19H17ClN4O2/c1-26-17-9-5-4-8-16(17)21-12-18(25)24-22-11-14-10-13-6-2-3-7-15(13)23-19(14)20/h2-11,21H,12H2,1H3,(H,24,25)/b22-11+. The molecule has 0 aliphatic carbocycles. The molecule has 7 heteroatoms. The Balaban J connectivity index is 1.60.